The maximum absolute atomic E-state index is 13.7. The molecule has 1 aliphatic heterocycles. The molecule has 1 aliphatic rings. The molecule has 0 bridgehead atoms. The van der Waals surface area contributed by atoms with Crippen molar-refractivity contribution in [2.75, 3.05) is 33.3 Å². The molecule has 0 aliphatic carbocycles. The lowest BCUT2D eigenvalue weighted by Gasteiger charge is -2.34. The molecule has 9 nitrogen and oxygen atoms in total. The Hall–Kier alpha value is -4.50. The van der Waals surface area contributed by atoms with Crippen molar-refractivity contribution in [2.24, 2.45) is 0 Å². The van der Waals surface area contributed by atoms with Gasteiger partial charge in [-0.3, -0.25) is 19.8 Å². The summed E-state index contributed by atoms with van der Waals surface area (Å²) in [5.41, 5.74) is 3.69. The molecule has 0 spiro atoms. The van der Waals surface area contributed by atoms with Gasteiger partial charge in [-0.2, -0.15) is 5.10 Å². The van der Waals surface area contributed by atoms with Crippen molar-refractivity contribution >= 4 is 11.6 Å². The maximum atomic E-state index is 13.7. The Kier molecular flexibility index (Phi) is 6.96. The van der Waals surface area contributed by atoms with Crippen LogP contribution < -0.4 is 4.74 Å². The van der Waals surface area contributed by atoms with Crippen molar-refractivity contribution in [1.29, 1.82) is 0 Å². The maximum Gasteiger partial charge on any atom is 0.272 e. The van der Waals surface area contributed by atoms with Crippen LogP contribution in [-0.4, -0.2) is 63.7 Å². The van der Waals surface area contributed by atoms with Crippen molar-refractivity contribution in [1.82, 2.24) is 19.6 Å². The van der Waals surface area contributed by atoms with E-state index >= 15 is 0 Å². The largest absolute Gasteiger partial charge is 0.497 e. The molecule has 4 aromatic rings. The molecule has 0 saturated carbocycles. The van der Waals surface area contributed by atoms with Gasteiger partial charge in [-0.15, -0.1) is 0 Å². The zero-order valence-corrected chi connectivity index (χ0v) is 20.5. The topological polar surface area (TPSA) is 93.7 Å². The number of carbonyl (C=O) groups excluding carboxylic acids is 1. The van der Waals surface area contributed by atoms with Crippen LogP contribution in [0.4, 0.5) is 5.69 Å². The minimum atomic E-state index is -0.448. The van der Waals surface area contributed by atoms with E-state index in [2.05, 4.69) is 17.0 Å². The molecule has 37 heavy (non-hydrogen) atoms. The van der Waals surface area contributed by atoms with Crippen molar-refractivity contribution < 1.29 is 14.5 Å². The number of aromatic nitrogens is 2. The SMILES string of the molecule is COc1ccc(-c2cc(C(=O)N3CCN(Cc4ccccc4)CC3)n(-c3ccc([N+](=O)[O-])cc3)n2)cc1. The minimum absolute atomic E-state index is 0.0197. The Morgan fingerprint density at radius 1 is 0.946 bits per heavy atom. The first-order valence-corrected chi connectivity index (χ1v) is 12.1. The highest BCUT2D eigenvalue weighted by atomic mass is 16.6. The Bertz CT molecular complexity index is 1380. The summed E-state index contributed by atoms with van der Waals surface area (Å²) in [7, 11) is 1.61. The molecule has 188 valence electrons. The van der Waals surface area contributed by atoms with Crippen LogP contribution in [0.1, 0.15) is 16.1 Å². The molecule has 1 aromatic heterocycles. The van der Waals surface area contributed by atoms with E-state index in [9.17, 15) is 14.9 Å². The van der Waals surface area contributed by atoms with Crippen LogP contribution in [0.15, 0.2) is 84.9 Å². The van der Waals surface area contributed by atoms with Gasteiger partial charge in [0.1, 0.15) is 11.4 Å². The minimum Gasteiger partial charge on any atom is -0.497 e. The molecule has 1 saturated heterocycles. The quantitative estimate of drug-likeness (QED) is 0.277. The molecule has 1 fully saturated rings. The van der Waals surface area contributed by atoms with Gasteiger partial charge >= 0.3 is 0 Å². The standard InChI is InChI=1S/C28H27N5O4/c1-37-25-13-7-22(8-14-25)26-19-27(32(29-26)23-9-11-24(12-10-23)33(35)36)28(34)31-17-15-30(16-18-31)20-21-5-3-2-4-6-21/h2-14,19H,15-18,20H2,1H3. The van der Waals surface area contributed by atoms with Crippen LogP contribution in [0.3, 0.4) is 0 Å². The number of piperazine rings is 1. The number of non-ortho nitro benzene ring substituents is 1. The number of rotatable bonds is 7. The molecule has 1 amide bonds. The predicted molar refractivity (Wildman–Crippen MR) is 140 cm³/mol. The van der Waals surface area contributed by atoms with E-state index in [4.69, 9.17) is 9.84 Å². The first kappa shape index (κ1) is 24.2. The van der Waals surface area contributed by atoms with Crippen molar-refractivity contribution in [3.8, 4) is 22.7 Å². The molecule has 0 N–H and O–H groups in total. The lowest BCUT2D eigenvalue weighted by atomic mass is 10.1. The Balaban J connectivity index is 1.40. The molecule has 0 atom stereocenters. The number of ether oxygens (including phenoxy) is 1. The van der Waals surface area contributed by atoms with Crippen LogP contribution in [0.25, 0.3) is 16.9 Å². The average Bonchev–Trinajstić information content (AvgIpc) is 3.39. The van der Waals surface area contributed by atoms with E-state index in [-0.39, 0.29) is 11.6 Å². The summed E-state index contributed by atoms with van der Waals surface area (Å²) >= 11 is 0. The molecule has 9 heteroatoms. The second-order valence-corrected chi connectivity index (χ2v) is 8.88. The first-order valence-electron chi connectivity index (χ1n) is 12.1. The number of methoxy groups -OCH3 is 1. The smallest absolute Gasteiger partial charge is 0.272 e. The Morgan fingerprint density at radius 3 is 2.24 bits per heavy atom. The van der Waals surface area contributed by atoms with Gasteiger partial charge < -0.3 is 9.64 Å². The van der Waals surface area contributed by atoms with Crippen LogP contribution in [0.5, 0.6) is 5.75 Å². The van der Waals surface area contributed by atoms with Gasteiger partial charge in [0.05, 0.1) is 23.4 Å². The molecule has 5 rings (SSSR count). The highest BCUT2D eigenvalue weighted by molar-refractivity contribution is 5.94. The molecule has 0 radical (unpaired) electrons. The van der Waals surface area contributed by atoms with E-state index in [1.807, 2.05) is 47.4 Å². The highest BCUT2D eigenvalue weighted by Crippen LogP contribution is 2.26. The number of hydrogen-bond acceptors (Lipinski definition) is 6. The lowest BCUT2D eigenvalue weighted by molar-refractivity contribution is -0.384. The zero-order chi connectivity index (χ0) is 25.8. The fourth-order valence-corrected chi connectivity index (χ4v) is 4.46. The second kappa shape index (κ2) is 10.6. The summed E-state index contributed by atoms with van der Waals surface area (Å²) in [5, 5.41) is 15.8. The normalized spacial score (nSPS) is 13.9. The van der Waals surface area contributed by atoms with Crippen molar-refractivity contribution in [3.05, 3.63) is 106 Å². The molecular weight excluding hydrogens is 470 g/mol. The number of carbonyl (C=O) groups is 1. The van der Waals surface area contributed by atoms with E-state index in [0.717, 1.165) is 30.9 Å². The number of amides is 1. The summed E-state index contributed by atoms with van der Waals surface area (Å²) in [6.45, 7) is 3.62. The predicted octanol–water partition coefficient (Wildman–Crippen LogP) is 4.41. The lowest BCUT2D eigenvalue weighted by Crippen LogP contribution is -2.48. The van der Waals surface area contributed by atoms with Crippen LogP contribution in [-0.2, 0) is 6.54 Å². The molecule has 0 unspecified atom stereocenters. The van der Waals surface area contributed by atoms with Gasteiger partial charge in [-0.1, -0.05) is 30.3 Å². The second-order valence-electron chi connectivity index (χ2n) is 8.88. The first-order chi connectivity index (χ1) is 18.0. The van der Waals surface area contributed by atoms with E-state index < -0.39 is 4.92 Å². The molecule has 2 heterocycles. The van der Waals surface area contributed by atoms with Crippen molar-refractivity contribution in [2.45, 2.75) is 6.54 Å². The van der Waals surface area contributed by atoms with Gasteiger partial charge in [0.15, 0.2) is 0 Å². The van der Waals surface area contributed by atoms with Crippen LogP contribution >= 0.6 is 0 Å². The number of hydrogen-bond donors (Lipinski definition) is 0. The number of nitro groups is 1. The molecular formula is C28H27N5O4. The molecule has 3 aromatic carbocycles. The summed E-state index contributed by atoms with van der Waals surface area (Å²) in [6, 6.07) is 25.6. The fraction of sp³-hybridized carbons (Fsp3) is 0.214. The van der Waals surface area contributed by atoms with E-state index in [0.29, 0.717) is 30.2 Å². The summed E-state index contributed by atoms with van der Waals surface area (Å²) in [6.07, 6.45) is 0. The third kappa shape index (κ3) is 5.36. The van der Waals surface area contributed by atoms with Gasteiger partial charge in [0.2, 0.25) is 0 Å². The van der Waals surface area contributed by atoms with Gasteiger partial charge in [0.25, 0.3) is 11.6 Å². The number of benzene rings is 3. The van der Waals surface area contributed by atoms with Crippen LogP contribution in [0, 0.1) is 10.1 Å². The van der Waals surface area contributed by atoms with E-state index in [1.54, 1.807) is 30.0 Å². The number of nitro benzene ring substituents is 1. The van der Waals surface area contributed by atoms with Gasteiger partial charge in [0, 0.05) is 50.4 Å². The third-order valence-electron chi connectivity index (χ3n) is 6.53. The summed E-state index contributed by atoms with van der Waals surface area (Å²) in [4.78, 5) is 28.6. The van der Waals surface area contributed by atoms with Crippen molar-refractivity contribution in [3.63, 3.8) is 0 Å². The highest BCUT2D eigenvalue weighted by Gasteiger charge is 2.26. The zero-order valence-electron chi connectivity index (χ0n) is 20.5. The van der Waals surface area contributed by atoms with E-state index in [1.165, 1.54) is 17.7 Å². The monoisotopic (exact) mass is 497 g/mol. The third-order valence-corrected chi connectivity index (χ3v) is 6.53. The Labute approximate surface area is 214 Å². The Morgan fingerprint density at radius 2 is 1.62 bits per heavy atom. The fourth-order valence-electron chi connectivity index (χ4n) is 4.46. The average molecular weight is 498 g/mol. The van der Waals surface area contributed by atoms with Gasteiger partial charge in [-0.25, -0.2) is 4.68 Å². The van der Waals surface area contributed by atoms with Gasteiger partial charge in [-0.05, 0) is 48.0 Å². The number of nitrogens with zero attached hydrogens (tertiary/aromatic N) is 5. The summed E-state index contributed by atoms with van der Waals surface area (Å²) < 4.78 is 6.82. The summed E-state index contributed by atoms with van der Waals surface area (Å²) in [5.74, 6) is 0.605. The van der Waals surface area contributed by atoms with Crippen LogP contribution in [0.2, 0.25) is 0 Å².